The maximum atomic E-state index is 10.5. The zero-order valence-electron chi connectivity index (χ0n) is 8.31. The lowest BCUT2D eigenvalue weighted by molar-refractivity contribution is 0.112. The number of aldehydes is 1. The fourth-order valence-electron chi connectivity index (χ4n) is 1.33. The van der Waals surface area contributed by atoms with Crippen LogP contribution in [0.25, 0.3) is 0 Å². The van der Waals surface area contributed by atoms with E-state index in [4.69, 9.17) is 5.11 Å². The third-order valence-corrected chi connectivity index (χ3v) is 2.02. The second-order valence-corrected chi connectivity index (χ2v) is 3.32. The van der Waals surface area contributed by atoms with Crippen LogP contribution in [-0.4, -0.2) is 36.5 Å². The molecule has 0 radical (unpaired) electrons. The van der Waals surface area contributed by atoms with Crippen molar-refractivity contribution in [2.75, 3.05) is 20.2 Å². The molecule has 0 unspecified atom stereocenters. The minimum absolute atomic E-state index is 0.157. The van der Waals surface area contributed by atoms with Crippen molar-refractivity contribution < 1.29 is 9.90 Å². The highest BCUT2D eigenvalue weighted by atomic mass is 16.3. The van der Waals surface area contributed by atoms with Gasteiger partial charge in [-0.2, -0.15) is 0 Å². The van der Waals surface area contributed by atoms with Crippen molar-refractivity contribution in [2.45, 2.75) is 6.54 Å². The average Bonchev–Trinajstić information content (AvgIpc) is 2.18. The number of rotatable bonds is 5. The third kappa shape index (κ3) is 3.28. The number of benzene rings is 1. The predicted octanol–water partition coefficient (Wildman–Crippen LogP) is 0.923. The minimum atomic E-state index is 0.157. The molecule has 0 aromatic heterocycles. The number of hydrogen-bond donors (Lipinski definition) is 1. The smallest absolute Gasteiger partial charge is 0.150 e. The fourth-order valence-corrected chi connectivity index (χ4v) is 1.33. The number of carbonyl (C=O) groups excluding carboxylic acids is 1. The standard InChI is InChI=1S/C11H15NO2/c1-12(5-6-13)8-10-3-2-4-11(7-10)9-14/h2-4,7,9,13H,5-6,8H2,1H3. The number of aliphatic hydroxyl groups is 1. The molecule has 0 aliphatic carbocycles. The van der Waals surface area contributed by atoms with Crippen molar-refractivity contribution in [3.63, 3.8) is 0 Å². The lowest BCUT2D eigenvalue weighted by atomic mass is 10.1. The Kier molecular flexibility index (Phi) is 4.29. The van der Waals surface area contributed by atoms with Crippen LogP contribution in [0.3, 0.4) is 0 Å². The Morgan fingerprint density at radius 2 is 2.29 bits per heavy atom. The van der Waals surface area contributed by atoms with E-state index in [2.05, 4.69) is 0 Å². The van der Waals surface area contributed by atoms with E-state index < -0.39 is 0 Å². The second kappa shape index (κ2) is 5.52. The van der Waals surface area contributed by atoms with E-state index >= 15 is 0 Å². The molecule has 0 aliphatic heterocycles. The third-order valence-electron chi connectivity index (χ3n) is 2.02. The van der Waals surface area contributed by atoms with Gasteiger partial charge in [0.1, 0.15) is 6.29 Å². The lowest BCUT2D eigenvalue weighted by Gasteiger charge is -2.14. The van der Waals surface area contributed by atoms with Gasteiger partial charge in [-0.3, -0.25) is 9.69 Å². The van der Waals surface area contributed by atoms with Gasteiger partial charge in [-0.05, 0) is 18.7 Å². The molecule has 0 saturated carbocycles. The maximum Gasteiger partial charge on any atom is 0.150 e. The van der Waals surface area contributed by atoms with Crippen molar-refractivity contribution in [1.82, 2.24) is 4.90 Å². The number of hydrogen-bond acceptors (Lipinski definition) is 3. The largest absolute Gasteiger partial charge is 0.395 e. The van der Waals surface area contributed by atoms with Gasteiger partial charge in [-0.15, -0.1) is 0 Å². The molecule has 0 heterocycles. The summed E-state index contributed by atoms with van der Waals surface area (Å²) in [5.41, 5.74) is 1.78. The first-order valence-corrected chi connectivity index (χ1v) is 4.60. The summed E-state index contributed by atoms with van der Waals surface area (Å²) in [7, 11) is 1.93. The summed E-state index contributed by atoms with van der Waals surface area (Å²) >= 11 is 0. The molecule has 1 aromatic rings. The summed E-state index contributed by atoms with van der Waals surface area (Å²) < 4.78 is 0. The molecule has 1 rings (SSSR count). The van der Waals surface area contributed by atoms with Crippen molar-refractivity contribution in [2.24, 2.45) is 0 Å². The van der Waals surface area contributed by atoms with Crippen LogP contribution < -0.4 is 0 Å². The molecular formula is C11H15NO2. The Hall–Kier alpha value is -1.19. The van der Waals surface area contributed by atoms with Crippen LogP contribution >= 0.6 is 0 Å². The highest BCUT2D eigenvalue weighted by Crippen LogP contribution is 2.05. The number of nitrogens with zero attached hydrogens (tertiary/aromatic N) is 1. The van der Waals surface area contributed by atoms with E-state index in [1.165, 1.54) is 0 Å². The van der Waals surface area contributed by atoms with E-state index in [0.29, 0.717) is 12.1 Å². The molecule has 3 nitrogen and oxygen atoms in total. The van der Waals surface area contributed by atoms with Crippen molar-refractivity contribution in [3.05, 3.63) is 35.4 Å². The highest BCUT2D eigenvalue weighted by Gasteiger charge is 1.99. The van der Waals surface area contributed by atoms with Crippen LogP contribution in [-0.2, 0) is 6.54 Å². The SMILES string of the molecule is CN(CCO)Cc1cccc(C=O)c1. The normalized spacial score (nSPS) is 10.5. The van der Waals surface area contributed by atoms with Crippen molar-refractivity contribution in [1.29, 1.82) is 0 Å². The molecule has 3 heteroatoms. The molecular weight excluding hydrogens is 178 g/mol. The summed E-state index contributed by atoms with van der Waals surface area (Å²) in [6.45, 7) is 1.55. The van der Waals surface area contributed by atoms with E-state index in [-0.39, 0.29) is 6.61 Å². The fraction of sp³-hybridized carbons (Fsp3) is 0.364. The number of aliphatic hydroxyl groups excluding tert-OH is 1. The summed E-state index contributed by atoms with van der Waals surface area (Å²) in [4.78, 5) is 12.5. The average molecular weight is 193 g/mol. The van der Waals surface area contributed by atoms with E-state index in [1.807, 2.05) is 30.1 Å². The second-order valence-electron chi connectivity index (χ2n) is 3.32. The summed E-state index contributed by atoms with van der Waals surface area (Å²) in [5, 5.41) is 8.72. The van der Waals surface area contributed by atoms with Crippen LogP contribution in [0.4, 0.5) is 0 Å². The molecule has 1 N–H and O–H groups in total. The Balaban J connectivity index is 2.61. The zero-order valence-corrected chi connectivity index (χ0v) is 8.31. The van der Waals surface area contributed by atoms with Gasteiger partial charge in [0, 0.05) is 18.7 Å². The topological polar surface area (TPSA) is 40.5 Å². The van der Waals surface area contributed by atoms with Crippen LogP contribution in [0.5, 0.6) is 0 Å². The first-order valence-electron chi connectivity index (χ1n) is 4.60. The molecule has 0 atom stereocenters. The van der Waals surface area contributed by atoms with Crippen LogP contribution in [0.15, 0.2) is 24.3 Å². The quantitative estimate of drug-likeness (QED) is 0.707. The van der Waals surface area contributed by atoms with Gasteiger partial charge >= 0.3 is 0 Å². The van der Waals surface area contributed by atoms with E-state index in [1.54, 1.807) is 6.07 Å². The van der Waals surface area contributed by atoms with Crippen LogP contribution in [0.2, 0.25) is 0 Å². The van der Waals surface area contributed by atoms with Crippen molar-refractivity contribution in [3.8, 4) is 0 Å². The van der Waals surface area contributed by atoms with Gasteiger partial charge in [-0.25, -0.2) is 0 Å². The van der Waals surface area contributed by atoms with Gasteiger partial charge in [0.05, 0.1) is 6.61 Å². The Bertz CT molecular complexity index is 299. The number of carbonyl (C=O) groups is 1. The molecule has 76 valence electrons. The monoisotopic (exact) mass is 193 g/mol. The van der Waals surface area contributed by atoms with Gasteiger partial charge in [0.2, 0.25) is 0 Å². The number of likely N-dealkylation sites (N-methyl/N-ethyl adjacent to an activating group) is 1. The molecule has 1 aromatic carbocycles. The van der Waals surface area contributed by atoms with Gasteiger partial charge in [-0.1, -0.05) is 18.2 Å². The van der Waals surface area contributed by atoms with E-state index in [0.717, 1.165) is 18.4 Å². The first-order chi connectivity index (χ1) is 6.76. The maximum absolute atomic E-state index is 10.5. The Labute approximate surface area is 84.0 Å². The first kappa shape index (κ1) is 10.9. The highest BCUT2D eigenvalue weighted by molar-refractivity contribution is 5.74. The van der Waals surface area contributed by atoms with Gasteiger partial charge in [0.25, 0.3) is 0 Å². The summed E-state index contributed by atoms with van der Waals surface area (Å²) in [6.07, 6.45) is 0.843. The molecule has 0 fully saturated rings. The van der Waals surface area contributed by atoms with Gasteiger partial charge < -0.3 is 5.11 Å². The van der Waals surface area contributed by atoms with Crippen LogP contribution in [0.1, 0.15) is 15.9 Å². The molecule has 0 bridgehead atoms. The molecule has 14 heavy (non-hydrogen) atoms. The van der Waals surface area contributed by atoms with E-state index in [9.17, 15) is 4.79 Å². The molecule has 0 aliphatic rings. The Morgan fingerprint density at radius 1 is 1.50 bits per heavy atom. The minimum Gasteiger partial charge on any atom is -0.395 e. The summed E-state index contributed by atoms with van der Waals surface area (Å²) in [5.74, 6) is 0. The van der Waals surface area contributed by atoms with Crippen LogP contribution in [0, 0.1) is 0 Å². The molecule has 0 saturated heterocycles. The van der Waals surface area contributed by atoms with Crippen molar-refractivity contribution >= 4 is 6.29 Å². The zero-order chi connectivity index (χ0) is 10.4. The molecule has 0 spiro atoms. The van der Waals surface area contributed by atoms with Gasteiger partial charge in [0.15, 0.2) is 0 Å². The molecule has 0 amide bonds. The Morgan fingerprint density at radius 3 is 2.93 bits per heavy atom. The lowest BCUT2D eigenvalue weighted by Crippen LogP contribution is -2.21. The predicted molar refractivity (Wildman–Crippen MR) is 55.2 cm³/mol. The summed E-state index contributed by atoms with van der Waals surface area (Å²) in [6, 6.07) is 7.48.